The molecule has 176 valence electrons. The molecule has 1 aliphatic heterocycles. The van der Waals surface area contributed by atoms with Gasteiger partial charge in [0.15, 0.2) is 16.4 Å². The van der Waals surface area contributed by atoms with Gasteiger partial charge in [-0.25, -0.2) is 8.42 Å². The Hall–Kier alpha value is -2.50. The number of ketones is 1. The Morgan fingerprint density at radius 1 is 1.03 bits per heavy atom. The molecule has 1 unspecified atom stereocenters. The normalized spacial score (nSPS) is 18.7. The van der Waals surface area contributed by atoms with Crippen molar-refractivity contribution in [3.05, 3.63) is 52.3 Å². The molecule has 1 saturated heterocycles. The van der Waals surface area contributed by atoms with Gasteiger partial charge in [0.2, 0.25) is 5.78 Å². The number of aromatic nitrogens is 1. The Morgan fingerprint density at radius 2 is 1.59 bits per heavy atom. The quantitative estimate of drug-likeness (QED) is 0.454. The van der Waals surface area contributed by atoms with Gasteiger partial charge in [-0.2, -0.15) is 26.3 Å². The smallest absolute Gasteiger partial charge is 0.416 e. The molecule has 1 aromatic heterocycles. The second-order valence-corrected chi connectivity index (χ2v) is 9.89. The first-order valence-corrected chi connectivity index (χ1v) is 11.2. The summed E-state index contributed by atoms with van der Waals surface area (Å²) in [6.45, 7) is 2.49. The zero-order valence-corrected chi connectivity index (χ0v) is 17.8. The van der Waals surface area contributed by atoms with Crippen molar-refractivity contribution in [2.75, 3.05) is 18.1 Å². The average Bonchev–Trinajstić information content (AvgIpc) is 3.16. The van der Waals surface area contributed by atoms with Crippen LogP contribution in [0.1, 0.15) is 45.3 Å². The standard InChI is InChI=1S/C20H19F6NO4S/c1-11-5-17(12(2)27(11)15-3-4-32(29,30)10-15)18(28)9-31-16-7-13(19(21,22)23)6-14(8-16)20(24,25)26/h5-8,15H,3-4,9-10H2,1-2H3. The molecule has 0 amide bonds. The van der Waals surface area contributed by atoms with E-state index >= 15 is 0 Å². The monoisotopic (exact) mass is 483 g/mol. The molecule has 1 aromatic carbocycles. The molecule has 1 fully saturated rings. The summed E-state index contributed by atoms with van der Waals surface area (Å²) < 4.78 is 108. The van der Waals surface area contributed by atoms with Crippen LogP contribution in [0, 0.1) is 13.8 Å². The van der Waals surface area contributed by atoms with Crippen LogP contribution in [-0.2, 0) is 22.2 Å². The summed E-state index contributed by atoms with van der Waals surface area (Å²) in [5.74, 6) is -1.44. The summed E-state index contributed by atoms with van der Waals surface area (Å²) in [5, 5.41) is 0. The highest BCUT2D eigenvalue weighted by Gasteiger charge is 2.37. The fourth-order valence-corrected chi connectivity index (χ4v) is 5.54. The highest BCUT2D eigenvalue weighted by atomic mass is 32.2. The number of hydrogen-bond acceptors (Lipinski definition) is 4. The van der Waals surface area contributed by atoms with Crippen LogP contribution in [0.2, 0.25) is 0 Å². The van der Waals surface area contributed by atoms with Crippen LogP contribution in [0.5, 0.6) is 5.75 Å². The predicted molar refractivity (Wildman–Crippen MR) is 102 cm³/mol. The minimum absolute atomic E-state index is 0.0260. The highest BCUT2D eigenvalue weighted by molar-refractivity contribution is 7.91. The Bertz CT molecular complexity index is 1120. The number of hydrogen-bond donors (Lipinski definition) is 0. The van der Waals surface area contributed by atoms with Crippen LogP contribution in [0.4, 0.5) is 26.3 Å². The lowest BCUT2D eigenvalue weighted by molar-refractivity contribution is -0.143. The third-order valence-electron chi connectivity index (χ3n) is 5.29. The van der Waals surface area contributed by atoms with Crippen LogP contribution in [0.3, 0.4) is 0 Å². The second-order valence-electron chi connectivity index (χ2n) is 7.67. The fourth-order valence-electron chi connectivity index (χ4n) is 3.84. The van der Waals surface area contributed by atoms with E-state index < -0.39 is 51.5 Å². The van der Waals surface area contributed by atoms with Crippen LogP contribution in [0.25, 0.3) is 0 Å². The number of aryl methyl sites for hydroxylation is 1. The van der Waals surface area contributed by atoms with Gasteiger partial charge in [0.1, 0.15) is 5.75 Å². The number of ether oxygens (including phenoxy) is 1. The Morgan fingerprint density at radius 3 is 2.06 bits per heavy atom. The number of nitrogens with zero attached hydrogens (tertiary/aromatic N) is 1. The second kappa shape index (κ2) is 8.13. The molecule has 0 N–H and O–H groups in total. The molecule has 2 aromatic rings. The minimum Gasteiger partial charge on any atom is -0.485 e. The molecule has 0 aliphatic carbocycles. The van der Waals surface area contributed by atoms with E-state index in [1.165, 1.54) is 6.07 Å². The zero-order valence-electron chi connectivity index (χ0n) is 17.0. The molecule has 32 heavy (non-hydrogen) atoms. The topological polar surface area (TPSA) is 65.4 Å². The van der Waals surface area contributed by atoms with Crippen LogP contribution in [-0.4, -0.2) is 36.9 Å². The van der Waals surface area contributed by atoms with Gasteiger partial charge in [-0.05, 0) is 44.5 Å². The largest absolute Gasteiger partial charge is 0.485 e. The molecular formula is C20H19F6NO4S. The number of rotatable bonds is 5. The number of carbonyl (C=O) groups is 1. The molecule has 12 heteroatoms. The third kappa shape index (κ3) is 5.11. The minimum atomic E-state index is -5.03. The third-order valence-corrected chi connectivity index (χ3v) is 7.04. The molecule has 3 rings (SSSR count). The Labute approximate surface area is 179 Å². The van der Waals surface area contributed by atoms with E-state index in [0.717, 1.165) is 0 Å². The maximum absolute atomic E-state index is 13.0. The molecule has 0 saturated carbocycles. The first-order valence-electron chi connectivity index (χ1n) is 9.43. The summed E-state index contributed by atoms with van der Waals surface area (Å²) in [6, 6.07) is 1.92. The first kappa shape index (κ1) is 24.1. The van der Waals surface area contributed by atoms with Crippen LogP contribution >= 0.6 is 0 Å². The first-order chi connectivity index (χ1) is 14.6. The number of alkyl halides is 6. The Kier molecular flexibility index (Phi) is 6.13. The van der Waals surface area contributed by atoms with Crippen molar-refractivity contribution >= 4 is 15.6 Å². The molecule has 0 spiro atoms. The molecule has 1 atom stereocenters. The lowest BCUT2D eigenvalue weighted by Crippen LogP contribution is -2.17. The number of carbonyl (C=O) groups excluding carboxylic acids is 1. The molecular weight excluding hydrogens is 464 g/mol. The van der Waals surface area contributed by atoms with E-state index in [1.807, 2.05) is 0 Å². The van der Waals surface area contributed by atoms with Crippen molar-refractivity contribution in [3.63, 3.8) is 0 Å². The van der Waals surface area contributed by atoms with E-state index in [2.05, 4.69) is 0 Å². The van der Waals surface area contributed by atoms with Gasteiger partial charge in [0.05, 0.1) is 22.6 Å². The van der Waals surface area contributed by atoms with Crippen molar-refractivity contribution in [2.45, 2.75) is 38.7 Å². The van der Waals surface area contributed by atoms with Gasteiger partial charge in [0.25, 0.3) is 0 Å². The molecule has 0 bridgehead atoms. The number of Topliss-reactive ketones (excluding diaryl/α,β-unsaturated/α-hetero) is 1. The van der Waals surface area contributed by atoms with E-state index in [1.54, 1.807) is 18.4 Å². The van der Waals surface area contributed by atoms with E-state index in [0.29, 0.717) is 29.9 Å². The average molecular weight is 483 g/mol. The lowest BCUT2D eigenvalue weighted by Gasteiger charge is -2.16. The van der Waals surface area contributed by atoms with Crippen LogP contribution in [0.15, 0.2) is 24.3 Å². The highest BCUT2D eigenvalue weighted by Crippen LogP contribution is 2.38. The zero-order chi connectivity index (χ0) is 24.1. The summed E-state index contributed by atoms with van der Waals surface area (Å²) in [4.78, 5) is 12.6. The van der Waals surface area contributed by atoms with Gasteiger partial charge < -0.3 is 9.30 Å². The lowest BCUT2D eigenvalue weighted by atomic mass is 10.1. The van der Waals surface area contributed by atoms with Crippen molar-refractivity contribution in [1.29, 1.82) is 0 Å². The van der Waals surface area contributed by atoms with Crippen LogP contribution < -0.4 is 4.74 Å². The van der Waals surface area contributed by atoms with E-state index in [-0.39, 0.29) is 29.2 Å². The van der Waals surface area contributed by atoms with E-state index in [9.17, 15) is 39.6 Å². The number of halogens is 6. The Balaban J connectivity index is 1.83. The maximum atomic E-state index is 13.0. The van der Waals surface area contributed by atoms with Crippen molar-refractivity contribution in [1.82, 2.24) is 4.57 Å². The summed E-state index contributed by atoms with van der Waals surface area (Å²) in [5.41, 5.74) is -1.86. The fraction of sp³-hybridized carbons (Fsp3) is 0.450. The van der Waals surface area contributed by atoms with Crippen molar-refractivity contribution in [3.8, 4) is 5.75 Å². The molecule has 5 nitrogen and oxygen atoms in total. The summed E-state index contributed by atoms with van der Waals surface area (Å²) in [6.07, 6.45) is -9.68. The van der Waals surface area contributed by atoms with Crippen molar-refractivity contribution in [2.24, 2.45) is 0 Å². The van der Waals surface area contributed by atoms with Gasteiger partial charge in [-0.3, -0.25) is 4.79 Å². The maximum Gasteiger partial charge on any atom is 0.416 e. The van der Waals surface area contributed by atoms with Gasteiger partial charge in [-0.1, -0.05) is 0 Å². The SMILES string of the molecule is Cc1cc(C(=O)COc2cc(C(F)(F)F)cc(C(F)(F)F)c2)c(C)n1C1CCS(=O)(=O)C1. The van der Waals surface area contributed by atoms with Gasteiger partial charge in [-0.15, -0.1) is 0 Å². The number of sulfone groups is 1. The summed E-state index contributed by atoms with van der Waals surface area (Å²) >= 11 is 0. The summed E-state index contributed by atoms with van der Waals surface area (Å²) in [7, 11) is -3.18. The number of benzene rings is 1. The molecule has 0 radical (unpaired) electrons. The van der Waals surface area contributed by atoms with E-state index in [4.69, 9.17) is 4.74 Å². The van der Waals surface area contributed by atoms with Gasteiger partial charge >= 0.3 is 12.4 Å². The predicted octanol–water partition coefficient (Wildman–Crippen LogP) is 4.76. The van der Waals surface area contributed by atoms with Gasteiger partial charge in [0, 0.05) is 23.0 Å². The molecule has 1 aliphatic rings. The molecule has 2 heterocycles. The van der Waals surface area contributed by atoms with Crippen molar-refractivity contribution < 1.29 is 44.3 Å².